The first-order valence-corrected chi connectivity index (χ1v) is 10.0. The number of carbonyl (C=O) groups is 1. The lowest BCUT2D eigenvalue weighted by Gasteiger charge is -2.12. The first kappa shape index (κ1) is 22.2. The zero-order chi connectivity index (χ0) is 17.2. The molecule has 0 aromatic rings. The number of hydrogen-bond acceptors (Lipinski definition) is 2. The van der Waals surface area contributed by atoms with Gasteiger partial charge in [0.1, 0.15) is 0 Å². The van der Waals surface area contributed by atoms with Crippen LogP contribution in [0.3, 0.4) is 0 Å². The Labute approximate surface area is 145 Å². The van der Waals surface area contributed by atoms with Crippen LogP contribution in [0.25, 0.3) is 0 Å². The van der Waals surface area contributed by atoms with Crippen molar-refractivity contribution in [3.63, 3.8) is 0 Å². The normalized spacial score (nSPS) is 12.7. The summed E-state index contributed by atoms with van der Waals surface area (Å²) >= 11 is 0. The topological polar surface area (TPSA) is 26.3 Å². The highest BCUT2D eigenvalue weighted by molar-refractivity contribution is 5.69. The molecule has 0 fully saturated rings. The van der Waals surface area contributed by atoms with Gasteiger partial charge in [-0.2, -0.15) is 0 Å². The predicted molar refractivity (Wildman–Crippen MR) is 101 cm³/mol. The lowest BCUT2D eigenvalue weighted by molar-refractivity contribution is -0.148. The zero-order valence-electron chi connectivity index (χ0n) is 15.9. The zero-order valence-corrected chi connectivity index (χ0v) is 15.9. The number of unbranched alkanes of at least 4 members (excludes halogenated alkanes) is 9. The van der Waals surface area contributed by atoms with Crippen molar-refractivity contribution in [3.05, 3.63) is 12.2 Å². The fourth-order valence-corrected chi connectivity index (χ4v) is 2.70. The van der Waals surface area contributed by atoms with E-state index in [9.17, 15) is 4.79 Å². The van der Waals surface area contributed by atoms with Crippen molar-refractivity contribution in [2.24, 2.45) is 0 Å². The molecule has 0 rings (SSSR count). The minimum absolute atomic E-state index is 0.0439. The summed E-state index contributed by atoms with van der Waals surface area (Å²) in [5, 5.41) is 0. The summed E-state index contributed by atoms with van der Waals surface area (Å²) in [7, 11) is 0. The van der Waals surface area contributed by atoms with Gasteiger partial charge in [0.05, 0.1) is 6.10 Å². The van der Waals surface area contributed by atoms with Gasteiger partial charge in [-0.1, -0.05) is 64.5 Å². The van der Waals surface area contributed by atoms with E-state index in [0.29, 0.717) is 6.42 Å². The Morgan fingerprint density at radius 1 is 0.826 bits per heavy atom. The third kappa shape index (κ3) is 17.4. The summed E-state index contributed by atoms with van der Waals surface area (Å²) in [5.74, 6) is -0.0439. The first-order valence-electron chi connectivity index (χ1n) is 10.0. The van der Waals surface area contributed by atoms with E-state index in [1.807, 2.05) is 13.8 Å². The van der Waals surface area contributed by atoms with Gasteiger partial charge in [0.2, 0.25) is 0 Å². The van der Waals surface area contributed by atoms with Gasteiger partial charge in [-0.05, 0) is 51.9 Å². The molecule has 2 nitrogen and oxygen atoms in total. The van der Waals surface area contributed by atoms with Crippen LogP contribution in [0.2, 0.25) is 0 Å². The van der Waals surface area contributed by atoms with Crippen molar-refractivity contribution in [1.29, 1.82) is 0 Å². The average Bonchev–Trinajstić information content (AvgIpc) is 2.52. The van der Waals surface area contributed by atoms with Crippen molar-refractivity contribution in [2.45, 2.75) is 117 Å². The molecule has 0 saturated heterocycles. The van der Waals surface area contributed by atoms with Crippen molar-refractivity contribution < 1.29 is 9.53 Å². The molecule has 2 heteroatoms. The van der Waals surface area contributed by atoms with Gasteiger partial charge in [-0.15, -0.1) is 0 Å². The summed E-state index contributed by atoms with van der Waals surface area (Å²) < 4.78 is 5.34. The van der Waals surface area contributed by atoms with Crippen LogP contribution in [-0.2, 0) is 9.53 Å². The number of carbonyl (C=O) groups excluding carboxylic acids is 1. The van der Waals surface area contributed by atoms with E-state index in [1.165, 1.54) is 64.2 Å². The maximum absolute atomic E-state index is 11.4. The molecule has 0 bridgehead atoms. The molecule has 0 aliphatic carbocycles. The van der Waals surface area contributed by atoms with Crippen LogP contribution in [0, 0.1) is 0 Å². The maximum atomic E-state index is 11.4. The summed E-state index contributed by atoms with van der Waals surface area (Å²) in [6.07, 6.45) is 21.6. The number of ether oxygens (including phenoxy) is 1. The highest BCUT2D eigenvalue weighted by Crippen LogP contribution is 2.11. The molecule has 0 spiro atoms. The predicted octanol–water partition coefficient (Wildman–Crippen LogP) is 6.98. The second-order valence-electron chi connectivity index (χ2n) is 6.72. The SMILES string of the molecule is CCCCCCCCC=CCCCCCC(C)OC(=O)CCC. The lowest BCUT2D eigenvalue weighted by Crippen LogP contribution is -2.14. The molecular weight excluding hydrogens is 284 g/mol. The molecule has 0 aromatic carbocycles. The molecule has 0 amide bonds. The third-order valence-corrected chi connectivity index (χ3v) is 4.16. The Hall–Kier alpha value is -0.790. The fourth-order valence-electron chi connectivity index (χ4n) is 2.70. The number of esters is 1. The molecule has 0 aliphatic heterocycles. The Morgan fingerprint density at radius 3 is 2.00 bits per heavy atom. The minimum Gasteiger partial charge on any atom is -0.463 e. The van der Waals surface area contributed by atoms with Crippen molar-refractivity contribution >= 4 is 5.97 Å². The Balaban J connectivity index is 3.28. The van der Waals surface area contributed by atoms with Crippen LogP contribution in [0.4, 0.5) is 0 Å². The molecule has 0 heterocycles. The van der Waals surface area contributed by atoms with Crippen LogP contribution in [0.5, 0.6) is 0 Å². The lowest BCUT2D eigenvalue weighted by atomic mass is 10.1. The third-order valence-electron chi connectivity index (χ3n) is 4.16. The summed E-state index contributed by atoms with van der Waals surface area (Å²) in [4.78, 5) is 11.4. The molecule has 136 valence electrons. The maximum Gasteiger partial charge on any atom is 0.306 e. The second kappa shape index (κ2) is 17.6. The van der Waals surface area contributed by atoms with Crippen molar-refractivity contribution in [3.8, 4) is 0 Å². The average molecular weight is 325 g/mol. The van der Waals surface area contributed by atoms with Gasteiger partial charge in [0.25, 0.3) is 0 Å². The highest BCUT2D eigenvalue weighted by Gasteiger charge is 2.07. The van der Waals surface area contributed by atoms with Gasteiger partial charge < -0.3 is 4.74 Å². The molecule has 23 heavy (non-hydrogen) atoms. The van der Waals surface area contributed by atoms with Crippen LogP contribution in [-0.4, -0.2) is 12.1 Å². The Bertz CT molecular complexity index is 284. The molecule has 0 saturated carbocycles. The van der Waals surface area contributed by atoms with E-state index < -0.39 is 0 Å². The van der Waals surface area contributed by atoms with E-state index in [2.05, 4.69) is 19.1 Å². The molecule has 0 aromatic heterocycles. The van der Waals surface area contributed by atoms with E-state index in [0.717, 1.165) is 19.3 Å². The Kier molecular flexibility index (Phi) is 17.0. The van der Waals surface area contributed by atoms with E-state index >= 15 is 0 Å². The molecular formula is C21H40O2. The van der Waals surface area contributed by atoms with E-state index in [4.69, 9.17) is 4.74 Å². The van der Waals surface area contributed by atoms with Crippen molar-refractivity contribution in [2.75, 3.05) is 0 Å². The molecule has 1 atom stereocenters. The van der Waals surface area contributed by atoms with Crippen LogP contribution in [0.1, 0.15) is 111 Å². The van der Waals surface area contributed by atoms with Crippen LogP contribution < -0.4 is 0 Å². The van der Waals surface area contributed by atoms with Crippen molar-refractivity contribution in [1.82, 2.24) is 0 Å². The number of rotatable bonds is 16. The smallest absolute Gasteiger partial charge is 0.306 e. The van der Waals surface area contributed by atoms with Gasteiger partial charge in [0.15, 0.2) is 0 Å². The molecule has 0 aliphatic rings. The molecule has 0 radical (unpaired) electrons. The largest absolute Gasteiger partial charge is 0.463 e. The molecule has 1 unspecified atom stereocenters. The van der Waals surface area contributed by atoms with Crippen LogP contribution >= 0.6 is 0 Å². The van der Waals surface area contributed by atoms with Gasteiger partial charge in [-0.3, -0.25) is 4.79 Å². The minimum atomic E-state index is -0.0439. The van der Waals surface area contributed by atoms with Crippen LogP contribution in [0.15, 0.2) is 12.2 Å². The Morgan fingerprint density at radius 2 is 1.39 bits per heavy atom. The van der Waals surface area contributed by atoms with Gasteiger partial charge >= 0.3 is 5.97 Å². The van der Waals surface area contributed by atoms with E-state index in [-0.39, 0.29) is 12.1 Å². The summed E-state index contributed by atoms with van der Waals surface area (Å²) in [6.45, 7) is 6.28. The number of allylic oxidation sites excluding steroid dienone is 2. The first-order chi connectivity index (χ1) is 11.2. The second-order valence-corrected chi connectivity index (χ2v) is 6.72. The highest BCUT2D eigenvalue weighted by atomic mass is 16.5. The van der Waals surface area contributed by atoms with E-state index in [1.54, 1.807) is 0 Å². The monoisotopic (exact) mass is 324 g/mol. The van der Waals surface area contributed by atoms with Gasteiger partial charge in [0, 0.05) is 6.42 Å². The summed E-state index contributed by atoms with van der Waals surface area (Å²) in [6, 6.07) is 0. The molecule has 0 N–H and O–H groups in total. The van der Waals surface area contributed by atoms with Gasteiger partial charge in [-0.25, -0.2) is 0 Å². The standard InChI is InChI=1S/C21H40O2/c1-4-6-7-8-9-10-11-12-13-14-15-16-17-19-20(3)23-21(22)18-5-2/h12-13,20H,4-11,14-19H2,1-3H3. The fraction of sp³-hybridized carbons (Fsp3) is 0.857. The summed E-state index contributed by atoms with van der Waals surface area (Å²) in [5.41, 5.74) is 0. The number of hydrogen-bond donors (Lipinski definition) is 0. The quantitative estimate of drug-likeness (QED) is 0.174.